The van der Waals surface area contributed by atoms with Crippen LogP contribution in [0.25, 0.3) is 0 Å². The molecule has 2 rings (SSSR count). The van der Waals surface area contributed by atoms with E-state index in [0.717, 1.165) is 6.20 Å². The van der Waals surface area contributed by atoms with Gasteiger partial charge in [-0.3, -0.25) is 9.78 Å². The van der Waals surface area contributed by atoms with Gasteiger partial charge in [0.15, 0.2) is 5.82 Å². The number of aromatic carboxylic acids is 1. The predicted molar refractivity (Wildman–Crippen MR) is 64.6 cm³/mol. The fourth-order valence-corrected chi connectivity index (χ4v) is 1.61. The first-order chi connectivity index (χ1) is 8.99. The topological polar surface area (TPSA) is 95.1 Å². The number of carboxylic acids is 1. The van der Waals surface area contributed by atoms with Crippen molar-refractivity contribution in [2.75, 3.05) is 5.32 Å². The second-order valence-electron chi connectivity index (χ2n) is 3.86. The number of rotatable bonds is 3. The molecule has 2 heterocycles. The van der Waals surface area contributed by atoms with Gasteiger partial charge < -0.3 is 15.4 Å². The van der Waals surface area contributed by atoms with E-state index in [0.29, 0.717) is 5.69 Å². The van der Waals surface area contributed by atoms with E-state index in [1.807, 2.05) is 0 Å². The van der Waals surface area contributed by atoms with Gasteiger partial charge in [-0.15, -0.1) is 0 Å². The van der Waals surface area contributed by atoms with Crippen molar-refractivity contribution in [2.45, 2.75) is 6.92 Å². The average Bonchev–Trinajstić information content (AvgIpc) is 2.70. The van der Waals surface area contributed by atoms with E-state index >= 15 is 0 Å². The quantitative estimate of drug-likeness (QED) is 0.787. The summed E-state index contributed by atoms with van der Waals surface area (Å²) in [6, 6.07) is 2.67. The molecule has 0 atom stereocenters. The van der Waals surface area contributed by atoms with E-state index in [2.05, 4.69) is 15.3 Å². The number of halogens is 1. The molecule has 0 unspecified atom stereocenters. The van der Waals surface area contributed by atoms with Crippen LogP contribution in [-0.4, -0.2) is 27.0 Å². The summed E-state index contributed by atoms with van der Waals surface area (Å²) in [6.45, 7) is 1.65. The first kappa shape index (κ1) is 12.7. The lowest BCUT2D eigenvalue weighted by atomic mass is 10.2. The minimum Gasteiger partial charge on any atom is -0.477 e. The Hall–Kier alpha value is -2.70. The molecule has 6 nitrogen and oxygen atoms in total. The molecule has 0 saturated heterocycles. The Labute approximate surface area is 107 Å². The van der Waals surface area contributed by atoms with Crippen LogP contribution in [0, 0.1) is 12.7 Å². The maximum atomic E-state index is 13.4. The second-order valence-corrected chi connectivity index (χ2v) is 3.86. The Kier molecular flexibility index (Phi) is 3.28. The predicted octanol–water partition coefficient (Wildman–Crippen LogP) is 1.81. The highest BCUT2D eigenvalue weighted by Crippen LogP contribution is 2.18. The number of hydrogen-bond acceptors (Lipinski definition) is 3. The Bertz CT molecular complexity index is 651. The summed E-state index contributed by atoms with van der Waals surface area (Å²) in [4.78, 5) is 28.9. The van der Waals surface area contributed by atoms with Crippen LogP contribution in [0.3, 0.4) is 0 Å². The Morgan fingerprint density at radius 3 is 2.84 bits per heavy atom. The van der Waals surface area contributed by atoms with Crippen LogP contribution in [0.2, 0.25) is 0 Å². The van der Waals surface area contributed by atoms with E-state index in [-0.39, 0.29) is 16.9 Å². The van der Waals surface area contributed by atoms with Crippen molar-refractivity contribution in [3.8, 4) is 0 Å². The maximum absolute atomic E-state index is 13.4. The van der Waals surface area contributed by atoms with Crippen LogP contribution in [0.15, 0.2) is 24.5 Å². The van der Waals surface area contributed by atoms with Crippen LogP contribution in [-0.2, 0) is 0 Å². The number of aromatic amines is 1. The monoisotopic (exact) mass is 263 g/mol. The van der Waals surface area contributed by atoms with Crippen molar-refractivity contribution < 1.29 is 19.1 Å². The molecule has 0 fully saturated rings. The number of aromatic nitrogens is 2. The summed E-state index contributed by atoms with van der Waals surface area (Å²) in [5.41, 5.74) is 0.305. The number of carbonyl (C=O) groups excluding carboxylic acids is 1. The molecule has 98 valence electrons. The van der Waals surface area contributed by atoms with Gasteiger partial charge >= 0.3 is 5.97 Å². The number of H-pyrrole nitrogens is 1. The minimum absolute atomic E-state index is 0.0891. The number of carbonyl (C=O) groups is 2. The number of anilines is 1. The molecule has 3 N–H and O–H groups in total. The SMILES string of the molecule is Cc1cc(NC(=O)c2ccncc2F)c(C(=O)O)[nH]1. The molecule has 0 aliphatic heterocycles. The number of aryl methyl sites for hydroxylation is 1. The summed E-state index contributed by atoms with van der Waals surface area (Å²) < 4.78 is 13.4. The number of pyridine rings is 1. The lowest BCUT2D eigenvalue weighted by Gasteiger charge is -2.04. The molecule has 0 aliphatic rings. The molecule has 0 aromatic carbocycles. The third-order valence-corrected chi connectivity index (χ3v) is 2.43. The summed E-state index contributed by atoms with van der Waals surface area (Å²) in [5, 5.41) is 11.3. The zero-order chi connectivity index (χ0) is 14.0. The first-order valence-corrected chi connectivity index (χ1v) is 5.33. The largest absolute Gasteiger partial charge is 0.477 e. The molecule has 1 amide bonds. The van der Waals surface area contributed by atoms with Gasteiger partial charge in [0.2, 0.25) is 0 Å². The van der Waals surface area contributed by atoms with Crippen molar-refractivity contribution in [1.82, 2.24) is 9.97 Å². The molecular formula is C12H10FN3O3. The lowest BCUT2D eigenvalue weighted by Crippen LogP contribution is -2.15. The van der Waals surface area contributed by atoms with Gasteiger partial charge in [-0.05, 0) is 19.1 Å². The number of carboxylic acid groups (broad SMARTS) is 1. The molecule has 0 saturated carbocycles. The first-order valence-electron chi connectivity index (χ1n) is 5.33. The van der Waals surface area contributed by atoms with Crippen LogP contribution < -0.4 is 5.32 Å². The zero-order valence-corrected chi connectivity index (χ0v) is 9.90. The Morgan fingerprint density at radius 2 is 2.21 bits per heavy atom. The van der Waals surface area contributed by atoms with E-state index in [9.17, 15) is 14.0 Å². The molecule has 2 aromatic rings. The lowest BCUT2D eigenvalue weighted by molar-refractivity contribution is 0.0692. The minimum atomic E-state index is -1.21. The number of nitrogens with zero attached hydrogens (tertiary/aromatic N) is 1. The molecule has 0 spiro atoms. The van der Waals surface area contributed by atoms with Gasteiger partial charge in [0.25, 0.3) is 5.91 Å². The van der Waals surface area contributed by atoms with Gasteiger partial charge in [-0.1, -0.05) is 0 Å². The van der Waals surface area contributed by atoms with Crippen LogP contribution >= 0.6 is 0 Å². The molecule has 2 aromatic heterocycles. The zero-order valence-electron chi connectivity index (χ0n) is 9.90. The van der Waals surface area contributed by atoms with Crippen molar-refractivity contribution in [3.05, 3.63) is 47.3 Å². The summed E-state index contributed by atoms with van der Waals surface area (Å²) >= 11 is 0. The van der Waals surface area contributed by atoms with Crippen molar-refractivity contribution >= 4 is 17.6 Å². The van der Waals surface area contributed by atoms with E-state index in [4.69, 9.17) is 5.11 Å². The number of hydrogen-bond donors (Lipinski definition) is 3. The normalized spacial score (nSPS) is 10.2. The number of amides is 1. The molecule has 0 aliphatic carbocycles. The second kappa shape index (κ2) is 4.89. The van der Waals surface area contributed by atoms with Crippen LogP contribution in [0.5, 0.6) is 0 Å². The highest BCUT2D eigenvalue weighted by atomic mass is 19.1. The Balaban J connectivity index is 2.29. The molecule has 19 heavy (non-hydrogen) atoms. The van der Waals surface area contributed by atoms with Gasteiger partial charge in [0, 0.05) is 11.9 Å². The molecular weight excluding hydrogens is 253 g/mol. The van der Waals surface area contributed by atoms with Crippen LogP contribution in [0.4, 0.5) is 10.1 Å². The highest BCUT2D eigenvalue weighted by molar-refractivity contribution is 6.07. The highest BCUT2D eigenvalue weighted by Gasteiger charge is 2.17. The summed E-state index contributed by atoms with van der Waals surface area (Å²) in [6.07, 6.45) is 2.19. The van der Waals surface area contributed by atoms with Gasteiger partial charge in [-0.2, -0.15) is 0 Å². The molecule has 0 radical (unpaired) electrons. The standard InChI is InChI=1S/C12H10FN3O3/c1-6-4-9(10(15-6)12(18)19)16-11(17)7-2-3-14-5-8(7)13/h2-5,15H,1H3,(H,16,17)(H,18,19). The smallest absolute Gasteiger partial charge is 0.354 e. The van der Waals surface area contributed by atoms with E-state index in [1.165, 1.54) is 18.3 Å². The molecule has 0 bridgehead atoms. The third-order valence-electron chi connectivity index (χ3n) is 2.43. The fourth-order valence-electron chi connectivity index (χ4n) is 1.61. The number of nitrogens with one attached hydrogen (secondary N) is 2. The van der Waals surface area contributed by atoms with E-state index in [1.54, 1.807) is 6.92 Å². The van der Waals surface area contributed by atoms with Crippen LogP contribution in [0.1, 0.15) is 26.5 Å². The summed E-state index contributed by atoms with van der Waals surface area (Å²) in [7, 11) is 0. The third kappa shape index (κ3) is 2.59. The molecule has 7 heteroatoms. The maximum Gasteiger partial charge on any atom is 0.354 e. The summed E-state index contributed by atoms with van der Waals surface area (Å²) in [5.74, 6) is -2.72. The average molecular weight is 263 g/mol. The fraction of sp³-hybridized carbons (Fsp3) is 0.0833. The van der Waals surface area contributed by atoms with Gasteiger partial charge in [0.05, 0.1) is 17.4 Å². The van der Waals surface area contributed by atoms with Crippen molar-refractivity contribution in [2.24, 2.45) is 0 Å². The van der Waals surface area contributed by atoms with Crippen molar-refractivity contribution in [3.63, 3.8) is 0 Å². The Morgan fingerprint density at radius 1 is 1.47 bits per heavy atom. The van der Waals surface area contributed by atoms with Crippen molar-refractivity contribution in [1.29, 1.82) is 0 Å². The van der Waals surface area contributed by atoms with Gasteiger partial charge in [0.1, 0.15) is 5.69 Å². The van der Waals surface area contributed by atoms with Gasteiger partial charge in [-0.25, -0.2) is 9.18 Å². The van der Waals surface area contributed by atoms with E-state index < -0.39 is 17.7 Å².